The van der Waals surface area contributed by atoms with E-state index in [-0.39, 0.29) is 18.3 Å². The predicted molar refractivity (Wildman–Crippen MR) is 148 cm³/mol. The number of carbonyl (C=O) groups excluding carboxylic acids is 2. The van der Waals surface area contributed by atoms with E-state index in [0.717, 1.165) is 27.5 Å². The van der Waals surface area contributed by atoms with Crippen molar-refractivity contribution >= 4 is 52.4 Å². The zero-order valence-electron chi connectivity index (χ0n) is 20.6. The minimum atomic E-state index is -1.16. The molecule has 1 aromatic heterocycles. The Bertz CT molecular complexity index is 1310. The van der Waals surface area contributed by atoms with Crippen molar-refractivity contribution < 1.29 is 29.0 Å². The third kappa shape index (κ3) is 7.73. The summed E-state index contributed by atoms with van der Waals surface area (Å²) in [5, 5.41) is 12.5. The molecule has 0 spiro atoms. The molecule has 1 amide bonds. The number of nitrogens with zero attached hydrogens (tertiary/aromatic N) is 1. The summed E-state index contributed by atoms with van der Waals surface area (Å²) < 4.78 is 10.8. The minimum Gasteiger partial charge on any atom is -0.481 e. The smallest absolute Gasteiger partial charge is 0.305 e. The Morgan fingerprint density at radius 2 is 1.89 bits per heavy atom. The Balaban J connectivity index is 1.30. The van der Waals surface area contributed by atoms with Crippen molar-refractivity contribution in [3.05, 3.63) is 80.5 Å². The van der Waals surface area contributed by atoms with Crippen molar-refractivity contribution in [2.24, 2.45) is 0 Å². The topological polar surface area (TPSA) is 105 Å². The number of Topliss-reactive ketones (excluding diaryl/α,β-unsaturated/α-hetero) is 1. The number of thiophene rings is 1. The highest BCUT2D eigenvalue weighted by Crippen LogP contribution is 2.33. The molecule has 0 fully saturated rings. The lowest BCUT2D eigenvalue weighted by Crippen LogP contribution is -2.43. The van der Waals surface area contributed by atoms with Gasteiger partial charge < -0.3 is 19.9 Å². The van der Waals surface area contributed by atoms with E-state index < -0.39 is 24.3 Å². The van der Waals surface area contributed by atoms with Gasteiger partial charge in [0, 0.05) is 28.7 Å². The Morgan fingerprint density at radius 1 is 1.11 bits per heavy atom. The average molecular weight is 575 g/mol. The summed E-state index contributed by atoms with van der Waals surface area (Å²) in [5.41, 5.74) is 1.97. The Kier molecular flexibility index (Phi) is 9.68. The number of carboxylic acids is 1. The Morgan fingerprint density at radius 3 is 2.68 bits per heavy atom. The van der Waals surface area contributed by atoms with Crippen LogP contribution in [0, 0.1) is 0 Å². The molecule has 1 atom stereocenters. The molecule has 11 heteroatoms. The van der Waals surface area contributed by atoms with E-state index in [4.69, 9.17) is 21.1 Å². The normalized spacial score (nSPS) is 12.9. The molecule has 0 radical (unpaired) electrons. The molecular weight excluding hydrogens is 548 g/mol. The van der Waals surface area contributed by atoms with E-state index in [9.17, 15) is 19.5 Å². The van der Waals surface area contributed by atoms with Crippen LogP contribution in [0.15, 0.2) is 54.6 Å². The van der Waals surface area contributed by atoms with Gasteiger partial charge in [-0.15, -0.1) is 23.1 Å². The lowest BCUT2D eigenvalue weighted by Gasteiger charge is -2.16. The number of thioether (sulfide) groups is 1. The molecule has 2 N–H and O–H groups in total. The van der Waals surface area contributed by atoms with E-state index in [1.54, 1.807) is 12.1 Å². The van der Waals surface area contributed by atoms with Gasteiger partial charge in [0.1, 0.15) is 0 Å². The highest BCUT2D eigenvalue weighted by molar-refractivity contribution is 7.99. The van der Waals surface area contributed by atoms with Crippen molar-refractivity contribution in [1.82, 2.24) is 10.2 Å². The van der Waals surface area contributed by atoms with E-state index >= 15 is 0 Å². The molecule has 200 valence electrons. The molecule has 1 aliphatic rings. The van der Waals surface area contributed by atoms with E-state index in [0.29, 0.717) is 28.7 Å². The van der Waals surface area contributed by atoms with Gasteiger partial charge in [0.15, 0.2) is 17.3 Å². The van der Waals surface area contributed by atoms with Crippen LogP contribution >= 0.6 is 34.7 Å². The molecule has 8 nitrogen and oxygen atoms in total. The quantitative estimate of drug-likeness (QED) is 0.299. The summed E-state index contributed by atoms with van der Waals surface area (Å²) in [6.45, 7) is 1.52. The zero-order valence-corrected chi connectivity index (χ0v) is 23.0. The fourth-order valence-electron chi connectivity index (χ4n) is 3.88. The van der Waals surface area contributed by atoms with Crippen molar-refractivity contribution in [1.29, 1.82) is 0 Å². The maximum absolute atomic E-state index is 12.9. The first-order valence-electron chi connectivity index (χ1n) is 11.8. The van der Waals surface area contributed by atoms with Crippen LogP contribution in [0.2, 0.25) is 5.02 Å². The van der Waals surface area contributed by atoms with Crippen LogP contribution in [-0.4, -0.2) is 53.3 Å². The second-order valence-electron chi connectivity index (χ2n) is 8.80. The summed E-state index contributed by atoms with van der Waals surface area (Å²) in [6, 6.07) is 15.6. The number of nitrogens with one attached hydrogen (secondary N) is 1. The molecule has 38 heavy (non-hydrogen) atoms. The van der Waals surface area contributed by atoms with Gasteiger partial charge in [-0.25, -0.2) is 0 Å². The largest absolute Gasteiger partial charge is 0.481 e. The number of carbonyl (C=O) groups is 3. The first-order valence-corrected chi connectivity index (χ1v) is 14.2. The fourth-order valence-corrected chi connectivity index (χ4v) is 6.13. The van der Waals surface area contributed by atoms with Crippen LogP contribution in [0.25, 0.3) is 0 Å². The maximum Gasteiger partial charge on any atom is 0.305 e. The van der Waals surface area contributed by atoms with Crippen LogP contribution in [0.3, 0.4) is 0 Å². The van der Waals surface area contributed by atoms with E-state index in [2.05, 4.69) is 10.2 Å². The average Bonchev–Trinajstić information content (AvgIpc) is 3.53. The number of rotatable bonds is 13. The molecule has 0 bridgehead atoms. The monoisotopic (exact) mass is 574 g/mol. The second kappa shape index (κ2) is 13.1. The number of benzene rings is 2. The maximum atomic E-state index is 12.9. The van der Waals surface area contributed by atoms with Gasteiger partial charge in [-0.3, -0.25) is 19.3 Å². The third-order valence-electron chi connectivity index (χ3n) is 5.73. The third-order valence-corrected chi connectivity index (χ3v) is 8.17. The van der Waals surface area contributed by atoms with Crippen LogP contribution < -0.4 is 14.8 Å². The van der Waals surface area contributed by atoms with Gasteiger partial charge in [0.05, 0.1) is 23.1 Å². The van der Waals surface area contributed by atoms with Crippen LogP contribution in [0.4, 0.5) is 0 Å². The zero-order chi connectivity index (χ0) is 27.1. The molecule has 0 unspecified atom stereocenters. The molecule has 2 aromatic carbocycles. The van der Waals surface area contributed by atoms with Gasteiger partial charge >= 0.3 is 5.97 Å². The van der Waals surface area contributed by atoms with E-state index in [1.807, 2.05) is 49.5 Å². The molecule has 0 saturated heterocycles. The van der Waals surface area contributed by atoms with Crippen molar-refractivity contribution in [2.75, 3.05) is 19.6 Å². The van der Waals surface area contributed by atoms with Gasteiger partial charge in [-0.1, -0.05) is 35.9 Å². The highest BCUT2D eigenvalue weighted by atomic mass is 35.5. The molecule has 4 rings (SSSR count). The minimum absolute atomic E-state index is 0.0593. The number of carboxylic acid groups (broad SMARTS) is 1. The lowest BCUT2D eigenvalue weighted by atomic mass is 10.1. The van der Waals surface area contributed by atoms with Gasteiger partial charge in [0.2, 0.25) is 6.79 Å². The van der Waals surface area contributed by atoms with Gasteiger partial charge in [-0.2, -0.15) is 0 Å². The van der Waals surface area contributed by atoms with Crippen LogP contribution in [0.1, 0.15) is 32.1 Å². The standard InChI is InChI=1S/C27H27ClN2O6S2/c1-30(12-17-6-8-23-24(10-17)36-16-35-23)13-19-7-9-25(38-19)27(34)29-21(11-26(32)33)22(31)15-37-14-18-4-2-3-5-20(18)28/h2-10,21H,11-16H2,1H3,(H,29,34)(H,32,33)/t21-/m0/s1. The number of ketones is 1. The number of aliphatic carboxylic acids is 1. The first-order chi connectivity index (χ1) is 18.3. The van der Waals surface area contributed by atoms with Gasteiger partial charge in [-0.05, 0) is 48.5 Å². The number of ether oxygens (including phenoxy) is 2. The summed E-state index contributed by atoms with van der Waals surface area (Å²) in [6.07, 6.45) is -0.478. The summed E-state index contributed by atoms with van der Waals surface area (Å²) in [4.78, 5) is 40.5. The molecule has 2 heterocycles. The second-order valence-corrected chi connectivity index (χ2v) is 11.4. The summed E-state index contributed by atoms with van der Waals surface area (Å²) >= 11 is 8.80. The summed E-state index contributed by atoms with van der Waals surface area (Å²) in [7, 11) is 1.98. The lowest BCUT2D eigenvalue weighted by molar-refractivity contribution is -0.139. The number of fused-ring (bicyclic) bond motifs is 1. The SMILES string of the molecule is CN(Cc1ccc2c(c1)OCO2)Cc1ccc(C(=O)N[C@@H](CC(=O)O)C(=O)CSCc2ccccc2Cl)s1. The molecule has 3 aromatic rings. The molecular formula is C27H27ClN2O6S2. The Hall–Kier alpha value is -3.05. The van der Waals surface area contributed by atoms with E-state index in [1.165, 1.54) is 23.1 Å². The number of halogens is 1. The fraction of sp³-hybridized carbons (Fsp3) is 0.296. The predicted octanol–water partition coefficient (Wildman–Crippen LogP) is 4.84. The molecule has 0 saturated carbocycles. The highest BCUT2D eigenvalue weighted by Gasteiger charge is 2.25. The Labute approximate surface area is 233 Å². The van der Waals surface area contributed by atoms with Crippen molar-refractivity contribution in [3.63, 3.8) is 0 Å². The number of hydrogen-bond donors (Lipinski definition) is 2. The number of hydrogen-bond acceptors (Lipinski definition) is 8. The molecule has 1 aliphatic heterocycles. The van der Waals surface area contributed by atoms with Crippen molar-refractivity contribution in [2.45, 2.75) is 31.3 Å². The van der Waals surface area contributed by atoms with Gasteiger partial charge in [0.25, 0.3) is 5.91 Å². The molecule has 0 aliphatic carbocycles. The number of amides is 1. The van der Waals surface area contributed by atoms with Crippen LogP contribution in [0.5, 0.6) is 11.5 Å². The van der Waals surface area contributed by atoms with Crippen molar-refractivity contribution in [3.8, 4) is 11.5 Å². The van der Waals surface area contributed by atoms with Crippen LogP contribution in [-0.2, 0) is 28.4 Å². The summed E-state index contributed by atoms with van der Waals surface area (Å²) in [5.74, 6) is 0.0740. The first kappa shape index (κ1) is 28.0.